The predicted molar refractivity (Wildman–Crippen MR) is 171 cm³/mol. The van der Waals surface area contributed by atoms with Gasteiger partial charge in [0.15, 0.2) is 0 Å². The van der Waals surface area contributed by atoms with Gasteiger partial charge >= 0.3 is 0 Å². The second-order valence-corrected chi connectivity index (χ2v) is 11.0. The van der Waals surface area contributed by atoms with E-state index in [9.17, 15) is 4.79 Å². The molecule has 218 valence electrons. The van der Waals surface area contributed by atoms with Gasteiger partial charge in [0.2, 0.25) is 5.91 Å². The second kappa shape index (κ2) is 12.4. The third kappa shape index (κ3) is 5.94. The minimum Gasteiger partial charge on any atom is -0.495 e. The van der Waals surface area contributed by atoms with E-state index in [0.29, 0.717) is 56.0 Å². The highest BCUT2D eigenvalue weighted by Crippen LogP contribution is 2.46. The van der Waals surface area contributed by atoms with Gasteiger partial charge in [0.1, 0.15) is 23.1 Å². The maximum Gasteiger partial charge on any atom is 0.247 e. The number of methoxy groups -OCH3 is 2. The number of fused-ring (bicyclic) bond motifs is 1. The number of para-hydroxylation sites is 1. The number of anilines is 4. The molecule has 2 aromatic heterocycles. The Morgan fingerprint density at radius 2 is 1.86 bits per heavy atom. The molecule has 2 aromatic carbocycles. The first kappa shape index (κ1) is 29.4. The molecule has 0 bridgehead atoms. The molecule has 11 heteroatoms. The summed E-state index contributed by atoms with van der Waals surface area (Å²) in [5, 5.41) is 12.1. The first-order chi connectivity index (χ1) is 20.2. The average molecular weight is 608 g/mol. The monoisotopic (exact) mass is 606 g/mol. The fourth-order valence-electron chi connectivity index (χ4n) is 5.04. The van der Waals surface area contributed by atoms with Crippen molar-refractivity contribution in [3.63, 3.8) is 0 Å². The van der Waals surface area contributed by atoms with E-state index in [2.05, 4.69) is 39.5 Å². The lowest BCUT2D eigenvalue weighted by atomic mass is 10.0. The molecule has 1 aliphatic rings. The molecule has 0 saturated carbocycles. The van der Waals surface area contributed by atoms with Crippen LogP contribution in [0, 0.1) is 12.8 Å². The highest BCUT2D eigenvalue weighted by atomic mass is 35.5. The number of nitrogens with one attached hydrogen (secondary N) is 3. The highest BCUT2D eigenvalue weighted by molar-refractivity contribution is 6.41. The average Bonchev–Trinajstić information content (AvgIpc) is 2.96. The number of nitrogens with zero attached hydrogens (tertiary/aromatic N) is 3. The van der Waals surface area contributed by atoms with Gasteiger partial charge in [-0.15, -0.1) is 0 Å². The SMILES string of the molecule is C=CC(=O)Nc1cccc(C)c1Nc1cc2c(NCC3CN(C)C3)nc(-c3c(Cl)c(OC)cc(OC)c3Cl)cc2cn1. The zero-order chi connectivity index (χ0) is 30.0. The van der Waals surface area contributed by atoms with Crippen molar-refractivity contribution in [2.75, 3.05) is 56.9 Å². The number of carbonyl (C=O) groups is 1. The van der Waals surface area contributed by atoms with E-state index in [1.807, 2.05) is 37.3 Å². The summed E-state index contributed by atoms with van der Waals surface area (Å²) in [7, 11) is 5.18. The summed E-state index contributed by atoms with van der Waals surface area (Å²) in [4.78, 5) is 24.0. The van der Waals surface area contributed by atoms with Crippen molar-refractivity contribution in [2.45, 2.75) is 6.92 Å². The molecule has 4 aromatic rings. The van der Waals surface area contributed by atoms with E-state index < -0.39 is 0 Å². The van der Waals surface area contributed by atoms with Gasteiger partial charge in [0.25, 0.3) is 0 Å². The van der Waals surface area contributed by atoms with Crippen LogP contribution in [0.2, 0.25) is 10.0 Å². The van der Waals surface area contributed by atoms with Crippen LogP contribution in [0.4, 0.5) is 23.0 Å². The zero-order valence-electron chi connectivity index (χ0n) is 23.8. The molecule has 42 heavy (non-hydrogen) atoms. The maximum atomic E-state index is 12.0. The second-order valence-electron chi connectivity index (χ2n) is 10.2. The van der Waals surface area contributed by atoms with E-state index in [4.69, 9.17) is 37.7 Å². The van der Waals surface area contributed by atoms with Gasteiger partial charge in [-0.1, -0.05) is 41.9 Å². The van der Waals surface area contributed by atoms with Crippen molar-refractivity contribution in [1.82, 2.24) is 14.9 Å². The number of rotatable bonds is 10. The van der Waals surface area contributed by atoms with Crippen LogP contribution in [0.1, 0.15) is 5.56 Å². The van der Waals surface area contributed by atoms with Gasteiger partial charge in [-0.3, -0.25) is 4.79 Å². The van der Waals surface area contributed by atoms with E-state index in [0.717, 1.165) is 41.7 Å². The molecule has 0 spiro atoms. The topological polar surface area (TPSA) is 101 Å². The minimum absolute atomic E-state index is 0.300. The minimum atomic E-state index is -0.300. The Labute approximate surface area is 254 Å². The summed E-state index contributed by atoms with van der Waals surface area (Å²) in [6.45, 7) is 8.28. The molecule has 1 aliphatic heterocycles. The molecule has 3 heterocycles. The number of hydrogen-bond donors (Lipinski definition) is 3. The molecule has 0 radical (unpaired) electrons. The molecule has 1 amide bonds. The lowest BCUT2D eigenvalue weighted by Crippen LogP contribution is -2.46. The van der Waals surface area contributed by atoms with Gasteiger partial charge < -0.3 is 30.3 Å². The number of hydrogen-bond acceptors (Lipinski definition) is 8. The van der Waals surface area contributed by atoms with Crippen LogP contribution in [0.3, 0.4) is 0 Å². The molecule has 3 N–H and O–H groups in total. The number of ether oxygens (including phenoxy) is 2. The third-order valence-electron chi connectivity index (χ3n) is 7.21. The highest BCUT2D eigenvalue weighted by Gasteiger charge is 2.24. The third-order valence-corrected chi connectivity index (χ3v) is 7.96. The van der Waals surface area contributed by atoms with Crippen LogP contribution < -0.4 is 25.4 Å². The standard InChI is InChI=1S/C31H32Cl2N6O3/c1-6-26(40)36-21-9-7-8-17(2)30(21)38-25-11-20-19(14-34-25)10-22(37-31(20)35-13-18-15-39(3)16-18)27-28(32)23(41-4)12-24(42-5)29(27)33/h6-12,14,18H,1,13,15-16H2,2-5H3,(H,34,38)(H,35,37)(H,36,40). The van der Waals surface area contributed by atoms with Crippen molar-refractivity contribution in [3.8, 4) is 22.8 Å². The lowest BCUT2D eigenvalue weighted by Gasteiger charge is -2.36. The summed E-state index contributed by atoms with van der Waals surface area (Å²) in [6.07, 6.45) is 3.00. The van der Waals surface area contributed by atoms with Crippen LogP contribution >= 0.6 is 23.2 Å². The normalized spacial score (nSPS) is 13.4. The molecule has 0 unspecified atom stereocenters. The molecule has 0 atom stereocenters. The number of likely N-dealkylation sites (tertiary alicyclic amines) is 1. The van der Waals surface area contributed by atoms with Crippen molar-refractivity contribution < 1.29 is 14.3 Å². The van der Waals surface area contributed by atoms with E-state index in [1.165, 1.54) is 20.3 Å². The van der Waals surface area contributed by atoms with E-state index in [-0.39, 0.29) is 5.91 Å². The summed E-state index contributed by atoms with van der Waals surface area (Å²) < 4.78 is 11.0. The number of aryl methyl sites for hydroxylation is 1. The first-order valence-corrected chi connectivity index (χ1v) is 14.1. The molecule has 1 fully saturated rings. The first-order valence-electron chi connectivity index (χ1n) is 13.4. The van der Waals surface area contributed by atoms with Crippen molar-refractivity contribution in [2.24, 2.45) is 5.92 Å². The van der Waals surface area contributed by atoms with E-state index in [1.54, 1.807) is 12.3 Å². The lowest BCUT2D eigenvalue weighted by molar-refractivity contribution is -0.111. The van der Waals surface area contributed by atoms with Crippen LogP contribution in [-0.4, -0.2) is 61.7 Å². The fraction of sp³-hybridized carbons (Fsp3) is 0.258. The van der Waals surface area contributed by atoms with Crippen LogP contribution in [0.15, 0.2) is 55.3 Å². The number of benzene rings is 2. The Hall–Kier alpha value is -4.05. The van der Waals surface area contributed by atoms with Crippen molar-refractivity contribution >= 4 is 62.9 Å². The number of pyridine rings is 2. The van der Waals surface area contributed by atoms with Gasteiger partial charge in [-0.05, 0) is 43.8 Å². The molecule has 5 rings (SSSR count). The summed E-state index contributed by atoms with van der Waals surface area (Å²) in [5.41, 5.74) is 3.36. The van der Waals surface area contributed by atoms with Crippen LogP contribution in [0.5, 0.6) is 11.5 Å². The molecular weight excluding hydrogens is 575 g/mol. The fourth-order valence-corrected chi connectivity index (χ4v) is 5.73. The molecule has 1 saturated heterocycles. The number of aromatic nitrogens is 2. The molecular formula is C31H32Cl2N6O3. The predicted octanol–water partition coefficient (Wildman–Crippen LogP) is 6.77. The summed E-state index contributed by atoms with van der Waals surface area (Å²) >= 11 is 13.5. The number of carbonyl (C=O) groups excluding carboxylic acids is 1. The van der Waals surface area contributed by atoms with Gasteiger partial charge in [-0.25, -0.2) is 9.97 Å². The van der Waals surface area contributed by atoms with Crippen molar-refractivity contribution in [1.29, 1.82) is 0 Å². The van der Waals surface area contributed by atoms with Crippen molar-refractivity contribution in [3.05, 3.63) is 70.9 Å². The Balaban J connectivity index is 1.60. The Morgan fingerprint density at radius 3 is 2.50 bits per heavy atom. The molecule has 0 aliphatic carbocycles. The number of halogens is 2. The Bertz CT molecular complexity index is 1640. The quantitative estimate of drug-likeness (QED) is 0.170. The summed E-state index contributed by atoms with van der Waals surface area (Å²) in [6, 6.07) is 11.1. The summed E-state index contributed by atoms with van der Waals surface area (Å²) in [5.74, 6) is 2.31. The van der Waals surface area contributed by atoms with Crippen LogP contribution in [-0.2, 0) is 4.79 Å². The van der Waals surface area contributed by atoms with E-state index >= 15 is 0 Å². The van der Waals surface area contributed by atoms with Gasteiger partial charge in [0, 0.05) is 54.2 Å². The largest absolute Gasteiger partial charge is 0.495 e. The number of amides is 1. The maximum absolute atomic E-state index is 12.0. The van der Waals surface area contributed by atoms with Gasteiger partial charge in [0.05, 0.1) is 41.3 Å². The Kier molecular flexibility index (Phi) is 8.72. The smallest absolute Gasteiger partial charge is 0.247 e. The molecule has 9 nitrogen and oxygen atoms in total. The van der Waals surface area contributed by atoms with Gasteiger partial charge in [-0.2, -0.15) is 0 Å². The zero-order valence-corrected chi connectivity index (χ0v) is 25.4. The van der Waals surface area contributed by atoms with Crippen LogP contribution in [0.25, 0.3) is 22.0 Å². The Morgan fingerprint density at radius 1 is 1.14 bits per heavy atom.